The summed E-state index contributed by atoms with van der Waals surface area (Å²) >= 11 is 0. The van der Waals surface area contributed by atoms with Crippen LogP contribution in [-0.4, -0.2) is 43.9 Å². The van der Waals surface area contributed by atoms with Crippen molar-refractivity contribution in [2.75, 3.05) is 36.4 Å². The third kappa shape index (κ3) is 6.55. The number of fused-ring (bicyclic) bond motifs is 1. The molecule has 0 saturated carbocycles. The molecule has 0 radical (unpaired) electrons. The van der Waals surface area contributed by atoms with Gasteiger partial charge in [-0.1, -0.05) is 38.8 Å². The van der Waals surface area contributed by atoms with Crippen molar-refractivity contribution in [2.24, 2.45) is 0 Å². The fraction of sp³-hybridized carbons (Fsp3) is 0.344. The Bertz CT molecular complexity index is 1620. The molecule has 0 amide bonds. The molecule has 0 atom stereocenters. The van der Waals surface area contributed by atoms with Crippen LogP contribution in [0.25, 0.3) is 10.9 Å². The van der Waals surface area contributed by atoms with Crippen LogP contribution in [0.1, 0.15) is 43.4 Å². The second kappa shape index (κ2) is 12.3. The number of hydrogen-bond donors (Lipinski definition) is 1. The third-order valence-electron chi connectivity index (χ3n) is 7.56. The Morgan fingerprint density at radius 3 is 2.07 bits per heavy atom. The van der Waals surface area contributed by atoms with Gasteiger partial charge in [0.2, 0.25) is 10.0 Å². The summed E-state index contributed by atoms with van der Waals surface area (Å²) in [7, 11) is -3.68. The maximum absolute atomic E-state index is 13.5. The fourth-order valence-electron chi connectivity index (χ4n) is 5.43. The predicted octanol–water partition coefficient (Wildman–Crippen LogP) is 7.41. The Balaban J connectivity index is 1.27. The zero-order valence-electron chi connectivity index (χ0n) is 23.8. The summed E-state index contributed by atoms with van der Waals surface area (Å²) in [4.78, 5) is 6.55. The highest BCUT2D eigenvalue weighted by Gasteiger charge is 2.31. The van der Waals surface area contributed by atoms with Gasteiger partial charge in [0.05, 0.1) is 16.0 Å². The van der Waals surface area contributed by atoms with E-state index in [2.05, 4.69) is 47.2 Å². The molecule has 1 N–H and O–H groups in total. The van der Waals surface area contributed by atoms with Crippen LogP contribution in [0.3, 0.4) is 0 Å². The summed E-state index contributed by atoms with van der Waals surface area (Å²) in [5.74, 6) is 0. The molecule has 0 unspecified atom stereocenters. The number of halogens is 3. The number of alkyl halides is 3. The van der Waals surface area contributed by atoms with E-state index in [1.54, 1.807) is 30.3 Å². The number of nitrogens with zero attached hydrogens (tertiary/aromatic N) is 3. The van der Waals surface area contributed by atoms with Crippen LogP contribution in [0.2, 0.25) is 0 Å². The summed E-state index contributed by atoms with van der Waals surface area (Å²) in [6.45, 7) is 6.38. The Hall–Kier alpha value is -3.63. The topological polar surface area (TPSA) is 65.5 Å². The first-order chi connectivity index (χ1) is 20.1. The lowest BCUT2D eigenvalue weighted by atomic mass is 10.0. The smallest absolute Gasteiger partial charge is 0.369 e. The zero-order chi connectivity index (χ0) is 29.9. The highest BCUT2D eigenvalue weighted by molar-refractivity contribution is 7.89. The molecule has 2 heterocycles. The normalized spacial score (nSPS) is 14.8. The lowest BCUT2D eigenvalue weighted by Crippen LogP contribution is -2.48. The number of benzene rings is 3. The molecule has 1 aliphatic rings. The molecule has 1 aromatic heterocycles. The van der Waals surface area contributed by atoms with E-state index in [1.165, 1.54) is 27.7 Å². The maximum atomic E-state index is 13.5. The number of pyridine rings is 1. The lowest BCUT2D eigenvalue weighted by Gasteiger charge is -2.35. The average molecular weight is 597 g/mol. The van der Waals surface area contributed by atoms with Crippen LogP contribution in [0.15, 0.2) is 77.8 Å². The van der Waals surface area contributed by atoms with Crippen molar-refractivity contribution in [3.8, 4) is 0 Å². The van der Waals surface area contributed by atoms with Crippen molar-refractivity contribution >= 4 is 38.0 Å². The second-order valence-corrected chi connectivity index (χ2v) is 12.6. The molecule has 3 aromatic carbocycles. The summed E-state index contributed by atoms with van der Waals surface area (Å²) < 4.78 is 67.8. The average Bonchev–Trinajstić information content (AvgIpc) is 2.97. The molecule has 1 saturated heterocycles. The van der Waals surface area contributed by atoms with Gasteiger partial charge in [-0.15, -0.1) is 0 Å². The Labute approximate surface area is 245 Å². The maximum Gasteiger partial charge on any atom is 0.416 e. The van der Waals surface area contributed by atoms with Crippen molar-refractivity contribution in [1.82, 2.24) is 9.29 Å². The number of anilines is 3. The Morgan fingerprint density at radius 1 is 0.833 bits per heavy atom. The Kier molecular flexibility index (Phi) is 8.75. The SMILES string of the molecule is CCCc1cc(CCC)cc(N2CCN(S(=O)(=O)c3ccc(Nc4ccnc5cc(C(F)(F)F)ccc45)cc3)CC2)c1. The van der Waals surface area contributed by atoms with Crippen LogP contribution >= 0.6 is 0 Å². The van der Waals surface area contributed by atoms with Crippen LogP contribution in [0.5, 0.6) is 0 Å². The molecule has 0 spiro atoms. The van der Waals surface area contributed by atoms with Gasteiger partial charge in [0.25, 0.3) is 0 Å². The van der Waals surface area contributed by atoms with Crippen LogP contribution in [0, 0.1) is 0 Å². The first-order valence-corrected chi connectivity index (χ1v) is 15.7. The van der Waals surface area contributed by atoms with Gasteiger partial charge in [-0.3, -0.25) is 4.98 Å². The second-order valence-electron chi connectivity index (χ2n) is 10.6. The van der Waals surface area contributed by atoms with Crippen LogP contribution < -0.4 is 10.2 Å². The number of aromatic nitrogens is 1. The standard InChI is InChI=1S/C32H35F3N4O2S/c1-3-5-23-19-24(6-4-2)21-27(20-23)38-15-17-39(18-16-38)42(40,41)28-10-8-26(9-11-28)37-30-13-14-36-31-22-25(32(33,34)35)7-12-29(30)31/h7-14,19-22H,3-6,15-18H2,1-2H3,(H,36,37). The fourth-order valence-corrected chi connectivity index (χ4v) is 6.85. The van der Waals surface area contributed by atoms with Gasteiger partial charge in [-0.05, 0) is 78.6 Å². The number of nitrogens with one attached hydrogen (secondary N) is 1. The molecule has 42 heavy (non-hydrogen) atoms. The van der Waals surface area contributed by atoms with Gasteiger partial charge < -0.3 is 10.2 Å². The van der Waals surface area contributed by atoms with E-state index < -0.39 is 21.8 Å². The van der Waals surface area contributed by atoms with E-state index in [4.69, 9.17) is 0 Å². The molecule has 0 aliphatic carbocycles. The van der Waals surface area contributed by atoms with E-state index in [-0.39, 0.29) is 10.4 Å². The number of aryl methyl sites for hydroxylation is 2. The molecule has 222 valence electrons. The van der Waals surface area contributed by atoms with Crippen LogP contribution in [0.4, 0.5) is 30.2 Å². The number of sulfonamides is 1. The molecule has 0 bridgehead atoms. The van der Waals surface area contributed by atoms with Gasteiger partial charge in [0.15, 0.2) is 0 Å². The quantitative estimate of drug-likeness (QED) is 0.218. The van der Waals surface area contributed by atoms with Crippen molar-refractivity contribution in [2.45, 2.75) is 50.6 Å². The summed E-state index contributed by atoms with van der Waals surface area (Å²) in [6.07, 6.45) is 1.20. The van der Waals surface area contributed by atoms with Gasteiger partial charge >= 0.3 is 6.18 Å². The van der Waals surface area contributed by atoms with Crippen molar-refractivity contribution < 1.29 is 21.6 Å². The number of hydrogen-bond acceptors (Lipinski definition) is 5. The molecular weight excluding hydrogens is 561 g/mol. The minimum Gasteiger partial charge on any atom is -0.369 e. The lowest BCUT2D eigenvalue weighted by molar-refractivity contribution is -0.137. The van der Waals surface area contributed by atoms with Gasteiger partial charge in [-0.25, -0.2) is 8.42 Å². The van der Waals surface area contributed by atoms with Gasteiger partial charge in [0, 0.05) is 54.8 Å². The molecule has 4 aromatic rings. The summed E-state index contributed by atoms with van der Waals surface area (Å²) in [5, 5.41) is 3.71. The molecule has 1 aliphatic heterocycles. The molecular formula is C32H35F3N4O2S. The molecule has 1 fully saturated rings. The first-order valence-electron chi connectivity index (χ1n) is 14.3. The van der Waals surface area contributed by atoms with E-state index in [1.807, 2.05) is 0 Å². The van der Waals surface area contributed by atoms with E-state index in [0.717, 1.165) is 43.5 Å². The van der Waals surface area contributed by atoms with Crippen molar-refractivity contribution in [3.63, 3.8) is 0 Å². The number of piperazine rings is 1. The highest BCUT2D eigenvalue weighted by atomic mass is 32.2. The largest absolute Gasteiger partial charge is 0.416 e. The van der Waals surface area contributed by atoms with E-state index in [0.29, 0.717) is 42.9 Å². The van der Waals surface area contributed by atoms with E-state index >= 15 is 0 Å². The summed E-state index contributed by atoms with van der Waals surface area (Å²) in [5.41, 5.74) is 4.45. The molecule has 10 heteroatoms. The minimum absolute atomic E-state index is 0.200. The summed E-state index contributed by atoms with van der Waals surface area (Å²) in [6, 6.07) is 18.3. The monoisotopic (exact) mass is 596 g/mol. The Morgan fingerprint density at radius 2 is 1.48 bits per heavy atom. The third-order valence-corrected chi connectivity index (χ3v) is 9.47. The van der Waals surface area contributed by atoms with Gasteiger partial charge in [-0.2, -0.15) is 17.5 Å². The predicted molar refractivity (Wildman–Crippen MR) is 162 cm³/mol. The highest BCUT2D eigenvalue weighted by Crippen LogP contribution is 2.33. The number of rotatable bonds is 9. The molecule has 6 nitrogen and oxygen atoms in total. The van der Waals surface area contributed by atoms with Crippen molar-refractivity contribution in [1.29, 1.82) is 0 Å². The van der Waals surface area contributed by atoms with E-state index in [9.17, 15) is 21.6 Å². The van der Waals surface area contributed by atoms with Crippen LogP contribution in [-0.2, 0) is 29.0 Å². The van der Waals surface area contributed by atoms with Gasteiger partial charge in [0.1, 0.15) is 0 Å². The van der Waals surface area contributed by atoms with Crippen molar-refractivity contribution in [3.05, 3.63) is 89.6 Å². The first kappa shape index (κ1) is 29.8. The molecule has 5 rings (SSSR count). The minimum atomic E-state index is -4.45. The zero-order valence-corrected chi connectivity index (χ0v) is 24.6.